The third-order valence-corrected chi connectivity index (χ3v) is 1.29. The lowest BCUT2D eigenvalue weighted by molar-refractivity contribution is -0.115. The van der Waals surface area contributed by atoms with Gasteiger partial charge in [0.15, 0.2) is 0 Å². The van der Waals surface area contributed by atoms with E-state index in [2.05, 4.69) is 10.1 Å². The van der Waals surface area contributed by atoms with E-state index >= 15 is 0 Å². The van der Waals surface area contributed by atoms with Crippen molar-refractivity contribution >= 4 is 6.29 Å². The first-order valence-electron chi connectivity index (χ1n) is 3.42. The number of hydrogen-bond acceptors (Lipinski definition) is 5. The Hall–Kier alpha value is -1.76. The molecule has 0 saturated heterocycles. The van der Waals surface area contributed by atoms with Crippen molar-refractivity contribution in [2.24, 2.45) is 0 Å². The Morgan fingerprint density at radius 1 is 1.69 bits per heavy atom. The van der Waals surface area contributed by atoms with Crippen molar-refractivity contribution in [1.82, 2.24) is 14.8 Å². The van der Waals surface area contributed by atoms with Crippen LogP contribution in [0.2, 0.25) is 0 Å². The maximum Gasteiger partial charge on any atom is 0.338 e. The van der Waals surface area contributed by atoms with Gasteiger partial charge in [0.05, 0.1) is 6.54 Å². The molecule has 0 bridgehead atoms. The fraction of sp³-hybridized carbons (Fsp3) is 0.333. The molecular weight excluding hydrogens is 178 g/mol. The Kier molecular flexibility index (Phi) is 2.70. The smallest absolute Gasteiger partial charge is 0.338 e. The molecule has 2 N–H and O–H groups in total. The van der Waals surface area contributed by atoms with Gasteiger partial charge < -0.3 is 9.90 Å². The highest BCUT2D eigenvalue weighted by Crippen LogP contribution is 1.81. The first-order valence-corrected chi connectivity index (χ1v) is 3.42. The zero-order valence-electron chi connectivity index (χ0n) is 6.51. The lowest BCUT2D eigenvalue weighted by Gasteiger charge is -2.04. The number of H-pyrrole nitrogens is 1. The molecule has 0 aromatic carbocycles. The van der Waals surface area contributed by atoms with Crippen molar-refractivity contribution < 1.29 is 9.90 Å². The molecule has 1 heterocycles. The predicted molar refractivity (Wildman–Crippen MR) is 41.2 cm³/mol. The molecule has 0 saturated carbocycles. The molecule has 1 aromatic rings. The second-order valence-corrected chi connectivity index (χ2v) is 2.35. The molecule has 0 amide bonds. The standard InChI is InChI=1S/C6H7N3O4/c10-2-4(11)1-9-3-7-5(12)6(13)8-9/h2-4,11H,1H2,(H,8,13). The molecule has 0 radical (unpaired) electrons. The van der Waals surface area contributed by atoms with Crippen LogP contribution in [0.15, 0.2) is 15.9 Å². The number of aliphatic hydroxyl groups is 1. The van der Waals surface area contributed by atoms with Gasteiger partial charge in [-0.05, 0) is 0 Å². The normalized spacial score (nSPS) is 12.4. The maximum absolute atomic E-state index is 10.7. The molecule has 0 spiro atoms. The highest BCUT2D eigenvalue weighted by Gasteiger charge is 2.02. The summed E-state index contributed by atoms with van der Waals surface area (Å²) in [6, 6.07) is 0. The average Bonchev–Trinajstić information content (AvgIpc) is 2.11. The number of hydrogen-bond donors (Lipinski definition) is 2. The van der Waals surface area contributed by atoms with Crippen LogP contribution in [0.1, 0.15) is 0 Å². The van der Waals surface area contributed by atoms with E-state index in [1.165, 1.54) is 0 Å². The van der Waals surface area contributed by atoms with Crippen LogP contribution >= 0.6 is 0 Å². The van der Waals surface area contributed by atoms with Crippen molar-refractivity contribution in [2.45, 2.75) is 12.6 Å². The van der Waals surface area contributed by atoms with E-state index in [0.29, 0.717) is 6.29 Å². The van der Waals surface area contributed by atoms with E-state index in [1.807, 2.05) is 0 Å². The topological polar surface area (TPSA) is 105 Å². The van der Waals surface area contributed by atoms with Gasteiger partial charge in [0, 0.05) is 0 Å². The third kappa shape index (κ3) is 2.34. The molecule has 0 aliphatic rings. The molecule has 1 rings (SSSR count). The van der Waals surface area contributed by atoms with Gasteiger partial charge in [-0.3, -0.25) is 19.4 Å². The van der Waals surface area contributed by atoms with E-state index in [1.54, 1.807) is 0 Å². The Morgan fingerprint density at radius 3 is 2.92 bits per heavy atom. The van der Waals surface area contributed by atoms with E-state index < -0.39 is 17.2 Å². The largest absolute Gasteiger partial charge is 0.384 e. The van der Waals surface area contributed by atoms with Gasteiger partial charge in [0.2, 0.25) is 0 Å². The van der Waals surface area contributed by atoms with Gasteiger partial charge in [-0.1, -0.05) is 0 Å². The first-order chi connectivity index (χ1) is 6.13. The minimum absolute atomic E-state index is 0.133. The van der Waals surface area contributed by atoms with Crippen LogP contribution in [0.3, 0.4) is 0 Å². The number of aliphatic hydroxyl groups excluding tert-OH is 1. The summed E-state index contributed by atoms with van der Waals surface area (Å²) in [6.45, 7) is -0.133. The van der Waals surface area contributed by atoms with Gasteiger partial charge in [-0.2, -0.15) is 4.98 Å². The molecule has 7 nitrogen and oxygen atoms in total. The lowest BCUT2D eigenvalue weighted by atomic mass is 10.4. The highest BCUT2D eigenvalue weighted by atomic mass is 16.3. The molecule has 0 aliphatic carbocycles. The second-order valence-electron chi connectivity index (χ2n) is 2.35. The number of rotatable bonds is 3. The summed E-state index contributed by atoms with van der Waals surface area (Å²) in [5.74, 6) is 0. The van der Waals surface area contributed by atoms with E-state index in [-0.39, 0.29) is 6.54 Å². The van der Waals surface area contributed by atoms with Crippen molar-refractivity contribution in [3.8, 4) is 0 Å². The van der Waals surface area contributed by atoms with Gasteiger partial charge in [0.25, 0.3) is 0 Å². The molecule has 0 aliphatic heterocycles. The minimum atomic E-state index is -1.22. The number of nitrogens with one attached hydrogen (secondary N) is 1. The molecule has 13 heavy (non-hydrogen) atoms. The lowest BCUT2D eigenvalue weighted by Crippen LogP contribution is -2.34. The fourth-order valence-electron chi connectivity index (χ4n) is 0.725. The summed E-state index contributed by atoms with van der Waals surface area (Å²) in [5, 5.41) is 11.0. The van der Waals surface area contributed by atoms with Gasteiger partial charge in [-0.15, -0.1) is 0 Å². The van der Waals surface area contributed by atoms with Crippen molar-refractivity contribution in [3.05, 3.63) is 27.0 Å². The van der Waals surface area contributed by atoms with Crippen LogP contribution in [0, 0.1) is 0 Å². The minimum Gasteiger partial charge on any atom is -0.384 e. The summed E-state index contributed by atoms with van der Waals surface area (Å²) in [4.78, 5) is 34.4. The number of aromatic amines is 1. The maximum atomic E-state index is 10.7. The van der Waals surface area contributed by atoms with Gasteiger partial charge in [0.1, 0.15) is 18.7 Å². The summed E-state index contributed by atoms with van der Waals surface area (Å²) in [7, 11) is 0. The first kappa shape index (κ1) is 9.33. The molecular formula is C6H7N3O4. The van der Waals surface area contributed by atoms with Gasteiger partial charge in [-0.25, -0.2) is 0 Å². The zero-order chi connectivity index (χ0) is 9.84. The average molecular weight is 185 g/mol. The van der Waals surface area contributed by atoms with Crippen LogP contribution in [0.25, 0.3) is 0 Å². The molecule has 1 unspecified atom stereocenters. The second kappa shape index (κ2) is 3.76. The Morgan fingerprint density at radius 2 is 2.38 bits per heavy atom. The van der Waals surface area contributed by atoms with Crippen LogP contribution < -0.4 is 11.1 Å². The predicted octanol–water partition coefficient (Wildman–Crippen LogP) is -2.51. The highest BCUT2D eigenvalue weighted by molar-refractivity contribution is 5.55. The Balaban J connectivity index is 2.92. The zero-order valence-corrected chi connectivity index (χ0v) is 6.51. The number of carbonyl (C=O) groups is 1. The Labute approximate surface area is 71.6 Å². The van der Waals surface area contributed by atoms with E-state index in [0.717, 1.165) is 11.0 Å². The summed E-state index contributed by atoms with van der Waals surface area (Å²) < 4.78 is 1.06. The van der Waals surface area contributed by atoms with Crippen LogP contribution in [-0.4, -0.2) is 32.3 Å². The quantitative estimate of drug-likeness (QED) is 0.399. The monoisotopic (exact) mass is 185 g/mol. The third-order valence-electron chi connectivity index (χ3n) is 1.29. The van der Waals surface area contributed by atoms with E-state index in [9.17, 15) is 14.4 Å². The summed E-state index contributed by atoms with van der Waals surface area (Å²) in [6.07, 6.45) is 0.132. The molecule has 7 heteroatoms. The number of carbonyl (C=O) groups excluding carboxylic acids is 1. The van der Waals surface area contributed by atoms with Crippen molar-refractivity contribution in [3.63, 3.8) is 0 Å². The molecule has 0 fully saturated rings. The van der Waals surface area contributed by atoms with Crippen LogP contribution in [0.5, 0.6) is 0 Å². The number of aromatic nitrogens is 3. The van der Waals surface area contributed by atoms with Crippen molar-refractivity contribution in [1.29, 1.82) is 0 Å². The fourth-order valence-corrected chi connectivity index (χ4v) is 0.725. The van der Waals surface area contributed by atoms with Crippen LogP contribution in [0.4, 0.5) is 0 Å². The molecule has 1 aromatic heterocycles. The SMILES string of the molecule is O=CC(O)Cn1cnc(=O)c(=O)[nH]1. The molecule has 1 atom stereocenters. The number of aldehydes is 1. The molecule has 70 valence electrons. The van der Waals surface area contributed by atoms with E-state index in [4.69, 9.17) is 5.11 Å². The van der Waals surface area contributed by atoms with Crippen molar-refractivity contribution in [2.75, 3.05) is 0 Å². The van der Waals surface area contributed by atoms with Gasteiger partial charge >= 0.3 is 11.1 Å². The summed E-state index contributed by atoms with van der Waals surface area (Å²) in [5.41, 5.74) is -1.79. The van der Waals surface area contributed by atoms with Crippen LogP contribution in [-0.2, 0) is 11.3 Å². The number of nitrogens with zero attached hydrogens (tertiary/aromatic N) is 2. The Bertz CT molecular complexity index is 407. The summed E-state index contributed by atoms with van der Waals surface area (Å²) >= 11 is 0.